The fourth-order valence-electron chi connectivity index (χ4n) is 3.17. The standard InChI is InChI=1S/C16H17BrClN3O2/c1-23-16(22)13-5-3-2-4-12(13)15-14(17)9-21(20-15)11-6-10(18)7-19-8-11/h6-9,12-13H,2-5H2,1H3/t12-,13-/m1/s1. The molecule has 2 atom stereocenters. The molecule has 0 N–H and O–H groups in total. The van der Waals surface area contributed by atoms with Gasteiger partial charge in [-0.15, -0.1) is 0 Å². The van der Waals surface area contributed by atoms with Gasteiger partial charge in [-0.3, -0.25) is 9.78 Å². The SMILES string of the molecule is COC(=O)[C@@H]1CCCC[C@H]1c1nn(-c2cncc(Cl)c2)cc1Br. The molecule has 2 aromatic rings. The Labute approximate surface area is 148 Å². The van der Waals surface area contributed by atoms with Crippen molar-refractivity contribution in [2.75, 3.05) is 7.11 Å². The number of nitrogens with zero attached hydrogens (tertiary/aromatic N) is 3. The molecule has 0 aromatic carbocycles. The highest BCUT2D eigenvalue weighted by Crippen LogP contribution is 2.40. The van der Waals surface area contributed by atoms with Crippen LogP contribution in [-0.2, 0) is 9.53 Å². The molecule has 0 amide bonds. The number of methoxy groups -OCH3 is 1. The molecule has 0 unspecified atom stereocenters. The molecule has 0 saturated heterocycles. The minimum absolute atomic E-state index is 0.0685. The predicted molar refractivity (Wildman–Crippen MR) is 90.8 cm³/mol. The van der Waals surface area contributed by atoms with Crippen LogP contribution in [0.4, 0.5) is 0 Å². The Morgan fingerprint density at radius 3 is 2.91 bits per heavy atom. The van der Waals surface area contributed by atoms with Gasteiger partial charge in [0.25, 0.3) is 0 Å². The second-order valence-corrected chi connectivity index (χ2v) is 6.98. The summed E-state index contributed by atoms with van der Waals surface area (Å²) in [5.41, 5.74) is 1.68. The van der Waals surface area contributed by atoms with E-state index in [2.05, 4.69) is 26.0 Å². The Kier molecular flexibility index (Phi) is 5.02. The van der Waals surface area contributed by atoms with Crippen LogP contribution in [0.15, 0.2) is 29.1 Å². The first-order valence-corrected chi connectivity index (χ1v) is 8.71. The molecular weight excluding hydrogens is 382 g/mol. The summed E-state index contributed by atoms with van der Waals surface area (Å²) in [5.74, 6) is -0.217. The summed E-state index contributed by atoms with van der Waals surface area (Å²) in [6.07, 6.45) is 9.08. The fourth-order valence-corrected chi connectivity index (χ4v) is 3.90. The summed E-state index contributed by atoms with van der Waals surface area (Å²) in [4.78, 5) is 16.2. The van der Waals surface area contributed by atoms with Crippen molar-refractivity contribution in [3.05, 3.63) is 39.8 Å². The van der Waals surface area contributed by atoms with Gasteiger partial charge in [0.05, 0.1) is 40.1 Å². The average Bonchev–Trinajstić information content (AvgIpc) is 2.96. The molecule has 1 aliphatic rings. The third-order valence-electron chi connectivity index (χ3n) is 4.27. The van der Waals surface area contributed by atoms with Crippen LogP contribution >= 0.6 is 27.5 Å². The van der Waals surface area contributed by atoms with Crippen molar-refractivity contribution in [2.24, 2.45) is 5.92 Å². The summed E-state index contributed by atoms with van der Waals surface area (Å²) in [6.45, 7) is 0. The lowest BCUT2D eigenvalue weighted by molar-refractivity contribution is -0.147. The molecule has 5 nitrogen and oxygen atoms in total. The zero-order valence-electron chi connectivity index (χ0n) is 12.7. The van der Waals surface area contributed by atoms with E-state index in [-0.39, 0.29) is 17.8 Å². The monoisotopic (exact) mass is 397 g/mol. The van der Waals surface area contributed by atoms with E-state index in [9.17, 15) is 4.79 Å². The third-order valence-corrected chi connectivity index (χ3v) is 5.09. The van der Waals surface area contributed by atoms with Crippen molar-refractivity contribution < 1.29 is 9.53 Å². The number of carbonyl (C=O) groups excluding carboxylic acids is 1. The molecule has 0 bridgehead atoms. The Balaban J connectivity index is 1.95. The maximum atomic E-state index is 12.1. The van der Waals surface area contributed by atoms with E-state index in [4.69, 9.17) is 16.3 Å². The van der Waals surface area contributed by atoms with Crippen molar-refractivity contribution in [1.29, 1.82) is 0 Å². The Bertz CT molecular complexity index is 719. The number of hydrogen-bond acceptors (Lipinski definition) is 4. The number of rotatable bonds is 3. The van der Waals surface area contributed by atoms with Crippen LogP contribution in [-0.4, -0.2) is 27.8 Å². The van der Waals surface area contributed by atoms with E-state index in [0.717, 1.165) is 41.5 Å². The highest BCUT2D eigenvalue weighted by Gasteiger charge is 2.35. The Hall–Kier alpha value is -1.40. The fraction of sp³-hybridized carbons (Fsp3) is 0.438. The van der Waals surface area contributed by atoms with Crippen molar-refractivity contribution in [2.45, 2.75) is 31.6 Å². The number of ether oxygens (including phenoxy) is 1. The van der Waals surface area contributed by atoms with Gasteiger partial charge in [-0.05, 0) is 34.8 Å². The minimum Gasteiger partial charge on any atom is -0.469 e. The molecule has 1 fully saturated rings. The number of pyridine rings is 1. The van der Waals surface area contributed by atoms with Gasteiger partial charge in [-0.25, -0.2) is 4.68 Å². The van der Waals surface area contributed by atoms with Crippen molar-refractivity contribution in [3.8, 4) is 5.69 Å². The molecule has 122 valence electrons. The molecular formula is C16H17BrClN3O2. The van der Waals surface area contributed by atoms with Gasteiger partial charge in [0.1, 0.15) is 0 Å². The zero-order chi connectivity index (χ0) is 16.4. The van der Waals surface area contributed by atoms with Gasteiger partial charge in [0, 0.05) is 18.3 Å². The summed E-state index contributed by atoms with van der Waals surface area (Å²) in [6, 6.07) is 1.80. The molecule has 0 spiro atoms. The normalized spacial score (nSPS) is 21.2. The van der Waals surface area contributed by atoms with E-state index in [1.165, 1.54) is 7.11 Å². The molecule has 23 heavy (non-hydrogen) atoms. The van der Waals surface area contributed by atoms with E-state index in [1.54, 1.807) is 23.1 Å². The highest BCUT2D eigenvalue weighted by atomic mass is 79.9. The molecule has 0 radical (unpaired) electrons. The van der Waals surface area contributed by atoms with Crippen LogP contribution in [0, 0.1) is 5.92 Å². The van der Waals surface area contributed by atoms with Crippen molar-refractivity contribution in [1.82, 2.24) is 14.8 Å². The summed E-state index contributed by atoms with van der Waals surface area (Å²) >= 11 is 9.58. The van der Waals surface area contributed by atoms with Crippen molar-refractivity contribution in [3.63, 3.8) is 0 Å². The smallest absolute Gasteiger partial charge is 0.309 e. The molecule has 1 aliphatic carbocycles. The van der Waals surface area contributed by atoms with Gasteiger partial charge in [0.2, 0.25) is 0 Å². The van der Waals surface area contributed by atoms with E-state index in [0.29, 0.717) is 5.02 Å². The molecule has 7 heteroatoms. The predicted octanol–water partition coefficient (Wildman–Crippen LogP) is 4.13. The van der Waals surface area contributed by atoms with E-state index >= 15 is 0 Å². The summed E-state index contributed by atoms with van der Waals surface area (Å²) in [7, 11) is 1.44. The zero-order valence-corrected chi connectivity index (χ0v) is 15.0. The lowest BCUT2D eigenvalue weighted by atomic mass is 9.77. The lowest BCUT2D eigenvalue weighted by Crippen LogP contribution is -2.27. The van der Waals surface area contributed by atoms with Crippen LogP contribution in [0.1, 0.15) is 37.3 Å². The molecule has 2 aromatic heterocycles. The lowest BCUT2D eigenvalue weighted by Gasteiger charge is -2.28. The Morgan fingerprint density at radius 1 is 1.39 bits per heavy atom. The highest BCUT2D eigenvalue weighted by molar-refractivity contribution is 9.10. The number of hydrogen-bond donors (Lipinski definition) is 0. The number of aromatic nitrogens is 3. The van der Waals surface area contributed by atoms with Gasteiger partial charge < -0.3 is 4.74 Å². The topological polar surface area (TPSA) is 57.0 Å². The summed E-state index contributed by atoms with van der Waals surface area (Å²) in [5, 5.41) is 5.23. The van der Waals surface area contributed by atoms with Crippen molar-refractivity contribution >= 4 is 33.5 Å². The first-order chi connectivity index (χ1) is 11.1. The molecule has 0 aliphatic heterocycles. The largest absolute Gasteiger partial charge is 0.469 e. The minimum atomic E-state index is -0.152. The summed E-state index contributed by atoms with van der Waals surface area (Å²) < 4.78 is 7.60. The molecule has 1 saturated carbocycles. The van der Waals surface area contributed by atoms with Gasteiger partial charge in [-0.1, -0.05) is 24.4 Å². The number of esters is 1. The van der Waals surface area contributed by atoms with Gasteiger partial charge in [-0.2, -0.15) is 5.10 Å². The van der Waals surface area contributed by atoms with Gasteiger partial charge in [0.15, 0.2) is 0 Å². The molecule has 3 rings (SSSR count). The van der Waals surface area contributed by atoms with E-state index < -0.39 is 0 Å². The second-order valence-electron chi connectivity index (χ2n) is 5.69. The first-order valence-electron chi connectivity index (χ1n) is 7.54. The molecule has 2 heterocycles. The first kappa shape index (κ1) is 16.5. The quantitative estimate of drug-likeness (QED) is 0.730. The van der Waals surface area contributed by atoms with Crippen LogP contribution < -0.4 is 0 Å². The maximum absolute atomic E-state index is 12.1. The second kappa shape index (κ2) is 7.01. The Morgan fingerprint density at radius 2 is 2.17 bits per heavy atom. The van der Waals surface area contributed by atoms with E-state index in [1.807, 2.05) is 6.20 Å². The van der Waals surface area contributed by atoms with Crippen LogP contribution in [0.3, 0.4) is 0 Å². The van der Waals surface area contributed by atoms with Crippen LogP contribution in [0.2, 0.25) is 5.02 Å². The van der Waals surface area contributed by atoms with Crippen LogP contribution in [0.5, 0.6) is 0 Å². The third kappa shape index (κ3) is 3.43. The average molecular weight is 399 g/mol. The van der Waals surface area contributed by atoms with Gasteiger partial charge >= 0.3 is 5.97 Å². The van der Waals surface area contributed by atoms with Crippen LogP contribution in [0.25, 0.3) is 5.69 Å². The number of carbonyl (C=O) groups is 1. The maximum Gasteiger partial charge on any atom is 0.309 e. The number of halogens is 2.